The summed E-state index contributed by atoms with van der Waals surface area (Å²) in [6, 6.07) is 4.53. The fourth-order valence-electron chi connectivity index (χ4n) is 1.20. The number of hydrogen-bond donors (Lipinski definition) is 2. The van der Waals surface area contributed by atoms with E-state index in [1.165, 1.54) is 6.07 Å². The third kappa shape index (κ3) is 2.29. The lowest BCUT2D eigenvalue weighted by Crippen LogP contribution is -2.07. The van der Waals surface area contributed by atoms with Crippen LogP contribution < -0.4 is 0 Å². The van der Waals surface area contributed by atoms with Crippen molar-refractivity contribution in [2.24, 2.45) is 0 Å². The van der Waals surface area contributed by atoms with Crippen molar-refractivity contribution in [1.82, 2.24) is 0 Å². The van der Waals surface area contributed by atoms with Gasteiger partial charge in [0, 0.05) is 5.56 Å². The molecule has 1 aromatic rings. The van der Waals surface area contributed by atoms with Crippen LogP contribution in [-0.4, -0.2) is 16.2 Å². The number of carboxylic acid groups (broad SMARTS) is 1. The van der Waals surface area contributed by atoms with Gasteiger partial charge >= 0.3 is 5.97 Å². The molecule has 0 aliphatic rings. The SMILES string of the molecule is Cc1cccc(C(O)CC(=O)O)c1F. The smallest absolute Gasteiger partial charge is 0.306 e. The van der Waals surface area contributed by atoms with Crippen molar-refractivity contribution >= 4 is 5.97 Å². The van der Waals surface area contributed by atoms with Crippen molar-refractivity contribution in [2.45, 2.75) is 19.4 Å². The highest BCUT2D eigenvalue weighted by Gasteiger charge is 2.16. The van der Waals surface area contributed by atoms with Crippen LogP contribution in [0.3, 0.4) is 0 Å². The molecule has 1 atom stereocenters. The fourth-order valence-corrected chi connectivity index (χ4v) is 1.20. The molecular formula is C10H11FO3. The molecule has 0 bridgehead atoms. The molecule has 0 heterocycles. The number of carbonyl (C=O) groups is 1. The lowest BCUT2D eigenvalue weighted by Gasteiger charge is -2.10. The summed E-state index contributed by atoms with van der Waals surface area (Å²) in [6.07, 6.45) is -1.77. The summed E-state index contributed by atoms with van der Waals surface area (Å²) < 4.78 is 13.3. The number of carboxylic acids is 1. The summed E-state index contributed by atoms with van der Waals surface area (Å²) in [5.41, 5.74) is 0.430. The molecule has 0 aliphatic heterocycles. The second-order valence-electron chi connectivity index (χ2n) is 3.09. The lowest BCUT2D eigenvalue weighted by atomic mass is 10.0. The molecule has 4 heteroatoms. The van der Waals surface area contributed by atoms with Crippen LogP contribution in [0.2, 0.25) is 0 Å². The summed E-state index contributed by atoms with van der Waals surface area (Å²) in [6.45, 7) is 1.56. The molecule has 0 amide bonds. The van der Waals surface area contributed by atoms with Crippen LogP contribution in [-0.2, 0) is 4.79 Å². The molecule has 1 unspecified atom stereocenters. The number of aryl methyl sites for hydroxylation is 1. The monoisotopic (exact) mass is 198 g/mol. The molecule has 14 heavy (non-hydrogen) atoms. The van der Waals surface area contributed by atoms with E-state index in [1.807, 2.05) is 0 Å². The van der Waals surface area contributed by atoms with Gasteiger partial charge in [-0.1, -0.05) is 18.2 Å². The Balaban J connectivity index is 2.95. The normalized spacial score (nSPS) is 12.5. The lowest BCUT2D eigenvalue weighted by molar-refractivity contribution is -0.139. The Hall–Kier alpha value is -1.42. The van der Waals surface area contributed by atoms with E-state index in [0.29, 0.717) is 5.56 Å². The Bertz CT molecular complexity index is 349. The zero-order valence-corrected chi connectivity index (χ0v) is 7.70. The van der Waals surface area contributed by atoms with Gasteiger partial charge in [0.15, 0.2) is 0 Å². The first-order valence-corrected chi connectivity index (χ1v) is 4.17. The maximum absolute atomic E-state index is 13.3. The minimum atomic E-state index is -1.28. The van der Waals surface area contributed by atoms with Gasteiger partial charge in [0.1, 0.15) is 5.82 Å². The maximum atomic E-state index is 13.3. The van der Waals surface area contributed by atoms with Gasteiger partial charge in [-0.3, -0.25) is 4.79 Å². The third-order valence-corrected chi connectivity index (χ3v) is 1.95. The minimum Gasteiger partial charge on any atom is -0.481 e. The van der Waals surface area contributed by atoms with Gasteiger partial charge in [-0.25, -0.2) is 4.39 Å². The summed E-state index contributed by atoms with van der Waals surface area (Å²) in [7, 11) is 0. The number of hydrogen-bond acceptors (Lipinski definition) is 2. The van der Waals surface area contributed by atoms with Gasteiger partial charge in [0.05, 0.1) is 12.5 Å². The topological polar surface area (TPSA) is 57.5 Å². The first kappa shape index (κ1) is 10.7. The van der Waals surface area contributed by atoms with Crippen LogP contribution in [0.15, 0.2) is 18.2 Å². The summed E-state index contributed by atoms with van der Waals surface area (Å²) in [5, 5.41) is 17.8. The largest absolute Gasteiger partial charge is 0.481 e. The molecule has 1 rings (SSSR count). The Morgan fingerprint density at radius 3 is 2.79 bits per heavy atom. The van der Waals surface area contributed by atoms with E-state index in [4.69, 9.17) is 5.11 Å². The third-order valence-electron chi connectivity index (χ3n) is 1.95. The second-order valence-corrected chi connectivity index (χ2v) is 3.09. The maximum Gasteiger partial charge on any atom is 0.306 e. The van der Waals surface area contributed by atoms with Crippen LogP contribution in [0.4, 0.5) is 4.39 Å². The van der Waals surface area contributed by atoms with Gasteiger partial charge in [0.25, 0.3) is 0 Å². The molecule has 2 N–H and O–H groups in total. The van der Waals surface area contributed by atoms with Crippen LogP contribution >= 0.6 is 0 Å². The van der Waals surface area contributed by atoms with E-state index in [-0.39, 0.29) is 5.56 Å². The molecule has 3 nitrogen and oxygen atoms in total. The second kappa shape index (κ2) is 4.19. The molecule has 0 radical (unpaired) electrons. The molecule has 1 aromatic carbocycles. The molecular weight excluding hydrogens is 187 g/mol. The van der Waals surface area contributed by atoms with Gasteiger partial charge in [-0.2, -0.15) is 0 Å². The number of aliphatic hydroxyl groups is 1. The van der Waals surface area contributed by atoms with Gasteiger partial charge < -0.3 is 10.2 Å². The number of aliphatic carboxylic acids is 1. The molecule has 0 saturated heterocycles. The minimum absolute atomic E-state index is 0.0346. The quantitative estimate of drug-likeness (QED) is 0.776. The highest BCUT2D eigenvalue weighted by atomic mass is 19.1. The van der Waals surface area contributed by atoms with Crippen molar-refractivity contribution in [3.63, 3.8) is 0 Å². The van der Waals surface area contributed by atoms with E-state index in [2.05, 4.69) is 0 Å². The molecule has 0 saturated carbocycles. The van der Waals surface area contributed by atoms with Crippen molar-refractivity contribution in [3.8, 4) is 0 Å². The number of halogens is 1. The molecule has 0 aromatic heterocycles. The van der Waals surface area contributed by atoms with Crippen LogP contribution in [0.1, 0.15) is 23.7 Å². The fraction of sp³-hybridized carbons (Fsp3) is 0.300. The standard InChI is InChI=1S/C10H11FO3/c1-6-3-2-4-7(10(6)11)8(12)5-9(13)14/h2-4,8,12H,5H2,1H3,(H,13,14). The van der Waals surface area contributed by atoms with E-state index >= 15 is 0 Å². The van der Waals surface area contributed by atoms with E-state index in [1.54, 1.807) is 19.1 Å². The van der Waals surface area contributed by atoms with Crippen molar-refractivity contribution in [3.05, 3.63) is 35.1 Å². The Labute approximate surface area is 80.8 Å². The summed E-state index contributed by atoms with van der Waals surface area (Å²) in [4.78, 5) is 10.3. The van der Waals surface area contributed by atoms with E-state index in [0.717, 1.165) is 0 Å². The first-order valence-electron chi connectivity index (χ1n) is 4.17. The van der Waals surface area contributed by atoms with Crippen LogP contribution in [0.5, 0.6) is 0 Å². The summed E-state index contributed by atoms with van der Waals surface area (Å²) >= 11 is 0. The average molecular weight is 198 g/mol. The highest BCUT2D eigenvalue weighted by molar-refractivity contribution is 5.67. The van der Waals surface area contributed by atoms with Gasteiger partial charge in [0.2, 0.25) is 0 Å². The number of rotatable bonds is 3. The number of benzene rings is 1. The average Bonchev–Trinajstić information content (AvgIpc) is 2.08. The van der Waals surface area contributed by atoms with Crippen molar-refractivity contribution in [2.75, 3.05) is 0 Å². The van der Waals surface area contributed by atoms with E-state index in [9.17, 15) is 14.3 Å². The predicted octanol–water partition coefficient (Wildman–Crippen LogP) is 1.64. The first-order chi connectivity index (χ1) is 6.52. The Kier molecular flexibility index (Phi) is 3.19. The number of aliphatic hydroxyl groups excluding tert-OH is 1. The molecule has 76 valence electrons. The zero-order valence-electron chi connectivity index (χ0n) is 7.70. The van der Waals surface area contributed by atoms with Gasteiger partial charge in [-0.05, 0) is 12.5 Å². The van der Waals surface area contributed by atoms with Gasteiger partial charge in [-0.15, -0.1) is 0 Å². The Morgan fingerprint density at radius 2 is 2.21 bits per heavy atom. The highest BCUT2D eigenvalue weighted by Crippen LogP contribution is 2.21. The van der Waals surface area contributed by atoms with Crippen molar-refractivity contribution < 1.29 is 19.4 Å². The van der Waals surface area contributed by atoms with E-state index < -0.39 is 24.3 Å². The molecule has 0 fully saturated rings. The molecule has 0 spiro atoms. The zero-order chi connectivity index (χ0) is 10.7. The Morgan fingerprint density at radius 1 is 1.57 bits per heavy atom. The molecule has 0 aliphatic carbocycles. The van der Waals surface area contributed by atoms with Crippen molar-refractivity contribution in [1.29, 1.82) is 0 Å². The van der Waals surface area contributed by atoms with Crippen LogP contribution in [0.25, 0.3) is 0 Å². The summed E-state index contributed by atoms with van der Waals surface area (Å²) in [5.74, 6) is -1.69. The predicted molar refractivity (Wildman–Crippen MR) is 48.3 cm³/mol. The van der Waals surface area contributed by atoms with Crippen LogP contribution in [0, 0.1) is 12.7 Å².